The lowest BCUT2D eigenvalue weighted by atomic mass is 10.0. The molecule has 0 saturated carbocycles. The first-order valence-corrected chi connectivity index (χ1v) is 21.1. The van der Waals surface area contributed by atoms with Gasteiger partial charge in [-0.15, -0.1) is 11.3 Å². The normalized spacial score (nSPS) is 13.5. The van der Waals surface area contributed by atoms with Crippen LogP contribution in [0.1, 0.15) is 36.2 Å². The molecule has 11 nitrogen and oxygen atoms in total. The zero-order valence-electron chi connectivity index (χ0n) is 34.8. The number of carboxylic acids is 2. The fraction of sp³-hybridized carbons (Fsp3) is 0.277. The van der Waals surface area contributed by atoms with Crippen LogP contribution in [-0.4, -0.2) is 86.1 Å². The number of hydrogen-bond donors (Lipinski definition) is 4. The van der Waals surface area contributed by atoms with Gasteiger partial charge in [-0.05, 0) is 73.0 Å². The Kier molecular flexibility index (Phi) is 16.4. The number of para-hydroxylation sites is 1. The molecule has 0 radical (unpaired) electrons. The van der Waals surface area contributed by atoms with Crippen LogP contribution in [0.3, 0.4) is 0 Å². The number of carbonyl (C=O) groups excluding carboxylic acids is 1. The molecule has 4 aromatic carbocycles. The van der Waals surface area contributed by atoms with Gasteiger partial charge in [0.25, 0.3) is 0 Å². The Morgan fingerprint density at radius 1 is 0.781 bits per heavy atom. The zero-order chi connectivity index (χ0) is 46.8. The number of quaternary nitrogens is 1. The Bertz CT molecular complexity index is 2580. The number of aliphatic carboxylic acids is 2. The van der Waals surface area contributed by atoms with Crippen LogP contribution in [-0.2, 0) is 46.5 Å². The van der Waals surface area contributed by atoms with Gasteiger partial charge in [0.05, 0.1) is 16.5 Å². The van der Waals surface area contributed by atoms with Crippen molar-refractivity contribution in [2.75, 3.05) is 26.2 Å². The maximum Gasteiger partial charge on any atom is 0.416 e. The first kappa shape index (κ1) is 48.9. The summed E-state index contributed by atoms with van der Waals surface area (Å²) in [5, 5.41) is 36.6. The van der Waals surface area contributed by atoms with Gasteiger partial charge in [0.2, 0.25) is 0 Å². The number of pyridine rings is 1. The summed E-state index contributed by atoms with van der Waals surface area (Å²) in [4.78, 5) is 50.3. The van der Waals surface area contributed by atoms with Crippen LogP contribution in [0.2, 0.25) is 0 Å². The van der Waals surface area contributed by atoms with E-state index in [-0.39, 0.29) is 47.3 Å². The Morgan fingerprint density at radius 3 is 1.94 bits per heavy atom. The third kappa shape index (κ3) is 11.7. The molecule has 2 heterocycles. The van der Waals surface area contributed by atoms with E-state index in [9.17, 15) is 36.3 Å². The fourth-order valence-electron chi connectivity index (χ4n) is 7.27. The smallest absolute Gasteiger partial charge is 0.416 e. The zero-order valence-corrected chi connectivity index (χ0v) is 35.7. The molecule has 0 bridgehead atoms. The van der Waals surface area contributed by atoms with E-state index in [0.717, 1.165) is 48.1 Å². The standard InChI is InChI=1S/C43H41F5N3O2S.C4H6O6/c1-3-49(4-2)23-24-51(36-10-6-5-7-11-36,27-30-13-15-31(16-14-30)32-17-20-34(21-18-32)43(46,47)48)41(53)26-50-35(25-40(52)37-28-54-29-39(37)50)22-19-33-9-8-12-38(44)42(33)45;5-1(3(7)8)2(6)4(9)10/h5-18,20-21,25,28-29H,3-4,19,22-24,26-27H2,1-2H3;1-2,5-6H,(H,7,8)(H,9,10)/q+1;. The number of fused-ring (bicyclic) bond motifs is 1. The molecule has 4 N–H and O–H groups in total. The summed E-state index contributed by atoms with van der Waals surface area (Å²) >= 11 is 1.35. The number of aromatic nitrogens is 1. The summed E-state index contributed by atoms with van der Waals surface area (Å²) in [6.45, 7) is 6.96. The second-order valence-electron chi connectivity index (χ2n) is 14.9. The lowest BCUT2D eigenvalue weighted by molar-refractivity contribution is -0.165. The highest BCUT2D eigenvalue weighted by molar-refractivity contribution is 7.09. The maximum atomic E-state index is 15.3. The van der Waals surface area contributed by atoms with Gasteiger partial charge >= 0.3 is 24.0 Å². The Balaban J connectivity index is 0.000000688. The summed E-state index contributed by atoms with van der Waals surface area (Å²) in [6.07, 6.45) is -8.64. The SMILES string of the molecule is CCN(CC)CC[N+](Cc1ccc(-c2ccc(C(F)(F)F)cc2)cc1)(C(=O)Cn1c(CCc2cccc(F)c2F)cc(=O)c2cscc21)c1ccccc1.O=C(O)C(O)C(O)C(=O)O. The van der Waals surface area contributed by atoms with E-state index in [0.29, 0.717) is 35.2 Å². The number of likely N-dealkylation sites (N-methyl/N-ethyl adjacent to an activating group) is 1. The summed E-state index contributed by atoms with van der Waals surface area (Å²) in [6, 6.07) is 27.6. The molecule has 0 aliphatic carbocycles. The van der Waals surface area contributed by atoms with Crippen LogP contribution in [0.5, 0.6) is 0 Å². The summed E-state index contributed by atoms with van der Waals surface area (Å²) in [7, 11) is 0. The van der Waals surface area contributed by atoms with Crippen LogP contribution >= 0.6 is 11.3 Å². The van der Waals surface area contributed by atoms with E-state index in [1.807, 2.05) is 64.5 Å². The molecule has 0 saturated heterocycles. The first-order chi connectivity index (χ1) is 30.4. The van der Waals surface area contributed by atoms with Crippen molar-refractivity contribution in [3.8, 4) is 11.1 Å². The van der Waals surface area contributed by atoms with Gasteiger partial charge in [-0.25, -0.2) is 27.6 Å². The number of nitrogens with zero attached hydrogens (tertiary/aromatic N) is 3. The minimum atomic E-state index is -4.43. The third-order valence-electron chi connectivity index (χ3n) is 11.0. The molecule has 1 amide bonds. The molecular formula is C47H47F5N3O8S+. The number of aryl methyl sites for hydroxylation is 2. The monoisotopic (exact) mass is 908 g/mol. The van der Waals surface area contributed by atoms with Gasteiger partial charge in [-0.1, -0.05) is 80.6 Å². The molecule has 338 valence electrons. The van der Waals surface area contributed by atoms with Crippen LogP contribution in [0.25, 0.3) is 22.0 Å². The van der Waals surface area contributed by atoms with E-state index in [4.69, 9.17) is 20.4 Å². The van der Waals surface area contributed by atoms with Gasteiger partial charge < -0.3 is 25.0 Å². The Labute approximate surface area is 369 Å². The summed E-state index contributed by atoms with van der Waals surface area (Å²) < 4.78 is 70.1. The number of halogens is 5. The molecule has 0 aliphatic heterocycles. The number of aliphatic hydroxyl groups is 2. The topological polar surface area (TPSA) is 157 Å². The lowest BCUT2D eigenvalue weighted by Gasteiger charge is -2.37. The minimum absolute atomic E-state index is 0.0628. The number of amides is 1. The highest BCUT2D eigenvalue weighted by Gasteiger charge is 2.40. The predicted octanol–water partition coefficient (Wildman–Crippen LogP) is 7.77. The second kappa shape index (κ2) is 21.5. The highest BCUT2D eigenvalue weighted by Crippen LogP contribution is 2.33. The second-order valence-corrected chi connectivity index (χ2v) is 15.7. The Morgan fingerprint density at radius 2 is 1.38 bits per heavy atom. The van der Waals surface area contributed by atoms with Crippen LogP contribution < -0.4 is 9.91 Å². The van der Waals surface area contributed by atoms with Gasteiger partial charge in [0, 0.05) is 34.6 Å². The van der Waals surface area contributed by atoms with Crippen molar-refractivity contribution in [1.82, 2.24) is 14.0 Å². The molecular weight excluding hydrogens is 862 g/mol. The molecule has 17 heteroatoms. The van der Waals surface area contributed by atoms with Crippen LogP contribution in [0, 0.1) is 11.6 Å². The number of hydrogen-bond acceptors (Lipinski definition) is 8. The molecule has 6 rings (SSSR count). The van der Waals surface area contributed by atoms with Crippen molar-refractivity contribution in [2.24, 2.45) is 0 Å². The van der Waals surface area contributed by atoms with Crippen molar-refractivity contribution in [2.45, 2.75) is 58.2 Å². The van der Waals surface area contributed by atoms with Crippen molar-refractivity contribution in [3.05, 3.63) is 158 Å². The minimum Gasteiger partial charge on any atom is -0.479 e. The van der Waals surface area contributed by atoms with Crippen molar-refractivity contribution >= 4 is 45.8 Å². The highest BCUT2D eigenvalue weighted by atomic mass is 32.1. The van der Waals surface area contributed by atoms with Gasteiger partial charge in [0.1, 0.15) is 25.3 Å². The fourth-order valence-corrected chi connectivity index (χ4v) is 8.10. The third-order valence-corrected chi connectivity index (χ3v) is 11.7. The molecule has 3 unspecified atom stereocenters. The predicted molar refractivity (Wildman–Crippen MR) is 234 cm³/mol. The number of benzene rings is 4. The number of alkyl halides is 3. The van der Waals surface area contributed by atoms with E-state index in [1.54, 1.807) is 5.38 Å². The van der Waals surface area contributed by atoms with Crippen LogP contribution in [0.15, 0.2) is 119 Å². The van der Waals surface area contributed by atoms with Gasteiger partial charge in [0.15, 0.2) is 29.3 Å². The number of carboxylic acid groups (broad SMARTS) is 2. The molecule has 2 aromatic heterocycles. The van der Waals surface area contributed by atoms with E-state index < -0.39 is 47.5 Å². The molecule has 3 atom stereocenters. The Hall–Kier alpha value is -6.11. The summed E-state index contributed by atoms with van der Waals surface area (Å²) in [5.74, 6) is -5.54. The molecule has 0 aliphatic rings. The van der Waals surface area contributed by atoms with Gasteiger partial charge in [-0.2, -0.15) is 13.2 Å². The lowest BCUT2D eigenvalue weighted by Crippen LogP contribution is -2.58. The maximum absolute atomic E-state index is 15.3. The van der Waals surface area contributed by atoms with Crippen molar-refractivity contribution in [3.63, 3.8) is 0 Å². The molecule has 0 spiro atoms. The number of carbonyl (C=O) groups is 3. The van der Waals surface area contributed by atoms with E-state index in [2.05, 4.69) is 18.7 Å². The van der Waals surface area contributed by atoms with Crippen LogP contribution in [0.4, 0.5) is 27.6 Å². The molecule has 0 fully saturated rings. The number of aliphatic hydroxyl groups excluding tert-OH is 2. The quantitative estimate of drug-likeness (QED) is 0.0531. The van der Waals surface area contributed by atoms with Crippen molar-refractivity contribution < 1.29 is 56.8 Å². The largest absolute Gasteiger partial charge is 0.479 e. The molecule has 64 heavy (non-hydrogen) atoms. The van der Waals surface area contributed by atoms with Gasteiger partial charge in [-0.3, -0.25) is 9.69 Å². The van der Waals surface area contributed by atoms with Crippen molar-refractivity contribution in [1.29, 1.82) is 0 Å². The average Bonchev–Trinajstić information content (AvgIpc) is 3.79. The average molecular weight is 909 g/mol. The number of thiophene rings is 1. The molecule has 6 aromatic rings. The number of rotatable bonds is 17. The van der Waals surface area contributed by atoms with E-state index in [1.165, 1.54) is 41.7 Å². The first-order valence-electron chi connectivity index (χ1n) is 20.2. The summed E-state index contributed by atoms with van der Waals surface area (Å²) in [5.41, 5.74) is 3.42. The van der Waals surface area contributed by atoms with E-state index >= 15 is 4.79 Å².